The Labute approximate surface area is 130 Å². The van der Waals surface area contributed by atoms with Crippen LogP contribution in [0.3, 0.4) is 0 Å². The molecule has 8 heteroatoms. The van der Waals surface area contributed by atoms with Gasteiger partial charge in [-0.1, -0.05) is 5.10 Å². The first-order valence-corrected chi connectivity index (χ1v) is 6.54. The summed E-state index contributed by atoms with van der Waals surface area (Å²) in [4.78, 5) is 23.4. The minimum absolute atomic E-state index is 0.0570. The second kappa shape index (κ2) is 6.14. The van der Waals surface area contributed by atoms with Crippen molar-refractivity contribution in [3.8, 4) is 11.7 Å². The number of hydrogen-bond acceptors (Lipinski definition) is 7. The van der Waals surface area contributed by atoms with Crippen LogP contribution in [-0.2, 0) is 4.74 Å². The van der Waals surface area contributed by atoms with E-state index in [0.717, 1.165) is 0 Å². The molecule has 0 aliphatic heterocycles. The van der Waals surface area contributed by atoms with Gasteiger partial charge in [-0.15, -0.1) is 5.10 Å². The van der Waals surface area contributed by atoms with Crippen LogP contribution in [0.4, 0.5) is 6.01 Å². The predicted octanol–water partition coefficient (Wildman–Crippen LogP) is 2.37. The van der Waals surface area contributed by atoms with E-state index in [-0.39, 0.29) is 11.9 Å². The van der Waals surface area contributed by atoms with E-state index in [1.54, 1.807) is 12.1 Å². The van der Waals surface area contributed by atoms with Gasteiger partial charge in [0.05, 0.1) is 18.9 Å². The number of nitrogens with zero attached hydrogens (tertiary/aromatic N) is 2. The molecule has 116 valence electrons. The summed E-state index contributed by atoms with van der Waals surface area (Å²) < 4.78 is 15.0. The van der Waals surface area contributed by atoms with Crippen LogP contribution in [0.25, 0.3) is 11.7 Å². The number of furan rings is 1. The number of amides is 1. The minimum atomic E-state index is -0.475. The van der Waals surface area contributed by atoms with Crippen molar-refractivity contribution in [3.63, 3.8) is 0 Å². The highest BCUT2D eigenvalue weighted by atomic mass is 16.5. The Morgan fingerprint density at radius 2 is 1.83 bits per heavy atom. The molecule has 0 atom stereocenters. The number of carbonyl (C=O) groups excluding carboxylic acids is 2. The number of esters is 1. The third kappa shape index (κ3) is 3.10. The number of anilines is 1. The van der Waals surface area contributed by atoms with Gasteiger partial charge < -0.3 is 13.6 Å². The summed E-state index contributed by atoms with van der Waals surface area (Å²) in [5.74, 6) is -0.361. The fourth-order valence-corrected chi connectivity index (χ4v) is 1.82. The van der Waals surface area contributed by atoms with Gasteiger partial charge in [0.1, 0.15) is 0 Å². The Kier molecular flexibility index (Phi) is 3.88. The summed E-state index contributed by atoms with van der Waals surface area (Å²) in [5, 5.41) is 9.95. The van der Waals surface area contributed by atoms with Gasteiger partial charge in [0.2, 0.25) is 0 Å². The van der Waals surface area contributed by atoms with E-state index in [0.29, 0.717) is 16.9 Å². The molecule has 1 N–H and O–H groups in total. The van der Waals surface area contributed by atoms with Gasteiger partial charge in [0.25, 0.3) is 11.8 Å². The standard InChI is InChI=1S/C15H11N3O5/c1-21-14(20)10-6-4-9(5-7-10)12(19)16-15-18-17-13(23-15)11-3-2-8-22-11/h2-8H,1H3,(H,16,18,19). The zero-order valence-electron chi connectivity index (χ0n) is 12.0. The molecule has 0 fully saturated rings. The molecule has 0 aliphatic carbocycles. The molecule has 0 radical (unpaired) electrons. The average Bonchev–Trinajstić information content (AvgIpc) is 3.25. The molecule has 0 aliphatic rings. The van der Waals surface area contributed by atoms with Crippen molar-refractivity contribution in [1.82, 2.24) is 10.2 Å². The molecular formula is C15H11N3O5. The van der Waals surface area contributed by atoms with Crippen molar-refractivity contribution in [1.29, 1.82) is 0 Å². The van der Waals surface area contributed by atoms with Crippen molar-refractivity contribution < 1.29 is 23.2 Å². The van der Waals surface area contributed by atoms with E-state index >= 15 is 0 Å². The van der Waals surface area contributed by atoms with Crippen molar-refractivity contribution >= 4 is 17.9 Å². The number of hydrogen-bond donors (Lipinski definition) is 1. The fraction of sp³-hybridized carbons (Fsp3) is 0.0667. The summed E-state index contributed by atoms with van der Waals surface area (Å²) in [6.07, 6.45) is 1.47. The number of ether oxygens (including phenoxy) is 1. The molecule has 0 bridgehead atoms. The molecule has 0 unspecified atom stereocenters. The number of carbonyl (C=O) groups is 2. The van der Waals surface area contributed by atoms with Crippen molar-refractivity contribution in [2.45, 2.75) is 0 Å². The molecule has 0 spiro atoms. The van der Waals surface area contributed by atoms with E-state index in [9.17, 15) is 9.59 Å². The lowest BCUT2D eigenvalue weighted by Crippen LogP contribution is -2.12. The Bertz CT molecular complexity index is 821. The second-order valence-corrected chi connectivity index (χ2v) is 4.41. The molecule has 2 aromatic heterocycles. The van der Waals surface area contributed by atoms with Crippen LogP contribution in [0.1, 0.15) is 20.7 Å². The summed E-state index contributed by atoms with van der Waals surface area (Å²) in [6, 6.07) is 9.24. The maximum atomic E-state index is 12.1. The first-order valence-electron chi connectivity index (χ1n) is 6.54. The normalized spacial score (nSPS) is 10.3. The van der Waals surface area contributed by atoms with Crippen molar-refractivity contribution in [2.24, 2.45) is 0 Å². The maximum Gasteiger partial charge on any atom is 0.337 e. The summed E-state index contributed by atoms with van der Waals surface area (Å²) in [5.41, 5.74) is 0.678. The summed E-state index contributed by atoms with van der Waals surface area (Å²) >= 11 is 0. The summed E-state index contributed by atoms with van der Waals surface area (Å²) in [7, 11) is 1.29. The highest BCUT2D eigenvalue weighted by Crippen LogP contribution is 2.20. The first kappa shape index (κ1) is 14.5. The molecule has 1 aromatic carbocycles. The highest BCUT2D eigenvalue weighted by Gasteiger charge is 2.14. The topological polar surface area (TPSA) is 107 Å². The Morgan fingerprint density at radius 3 is 2.48 bits per heavy atom. The molecular weight excluding hydrogens is 302 g/mol. The second-order valence-electron chi connectivity index (χ2n) is 4.41. The van der Waals surface area contributed by atoms with E-state index in [1.165, 1.54) is 37.6 Å². The Balaban J connectivity index is 1.71. The average molecular weight is 313 g/mol. The molecule has 0 saturated carbocycles. The van der Waals surface area contributed by atoms with Gasteiger partial charge >= 0.3 is 12.0 Å². The lowest BCUT2D eigenvalue weighted by molar-refractivity contribution is 0.0600. The number of benzene rings is 1. The van der Waals surface area contributed by atoms with Gasteiger partial charge in [0, 0.05) is 5.56 Å². The van der Waals surface area contributed by atoms with Crippen LogP contribution in [0.15, 0.2) is 51.5 Å². The van der Waals surface area contributed by atoms with Gasteiger partial charge in [-0.05, 0) is 36.4 Å². The van der Waals surface area contributed by atoms with Gasteiger partial charge in [-0.3, -0.25) is 10.1 Å². The lowest BCUT2D eigenvalue weighted by Gasteiger charge is -2.02. The van der Waals surface area contributed by atoms with Crippen molar-refractivity contribution in [3.05, 3.63) is 53.8 Å². The molecule has 3 rings (SSSR count). The number of methoxy groups -OCH3 is 1. The van der Waals surface area contributed by atoms with E-state index in [2.05, 4.69) is 20.3 Å². The Hall–Kier alpha value is -3.42. The van der Waals surface area contributed by atoms with Crippen LogP contribution < -0.4 is 5.32 Å². The van der Waals surface area contributed by atoms with E-state index < -0.39 is 11.9 Å². The van der Waals surface area contributed by atoms with E-state index in [4.69, 9.17) is 8.83 Å². The lowest BCUT2D eigenvalue weighted by atomic mass is 10.1. The molecule has 3 aromatic rings. The fourth-order valence-electron chi connectivity index (χ4n) is 1.82. The van der Waals surface area contributed by atoms with Crippen LogP contribution in [0.2, 0.25) is 0 Å². The van der Waals surface area contributed by atoms with Gasteiger partial charge in [-0.2, -0.15) is 0 Å². The third-order valence-corrected chi connectivity index (χ3v) is 2.95. The van der Waals surface area contributed by atoms with Crippen LogP contribution in [0.5, 0.6) is 0 Å². The molecule has 1 amide bonds. The molecule has 2 heterocycles. The quantitative estimate of drug-likeness (QED) is 0.737. The zero-order chi connectivity index (χ0) is 16.2. The van der Waals surface area contributed by atoms with Crippen LogP contribution in [0, 0.1) is 0 Å². The molecule has 8 nitrogen and oxygen atoms in total. The zero-order valence-corrected chi connectivity index (χ0v) is 12.0. The van der Waals surface area contributed by atoms with Crippen LogP contribution in [-0.4, -0.2) is 29.2 Å². The highest BCUT2D eigenvalue weighted by molar-refractivity contribution is 6.03. The predicted molar refractivity (Wildman–Crippen MR) is 77.7 cm³/mol. The largest absolute Gasteiger partial charge is 0.465 e. The van der Waals surface area contributed by atoms with Crippen LogP contribution >= 0.6 is 0 Å². The molecule has 0 saturated heterocycles. The SMILES string of the molecule is COC(=O)c1ccc(C(=O)Nc2nnc(-c3ccco3)o2)cc1. The number of nitrogens with one attached hydrogen (secondary N) is 1. The minimum Gasteiger partial charge on any atom is -0.465 e. The number of rotatable bonds is 4. The monoisotopic (exact) mass is 313 g/mol. The van der Waals surface area contributed by atoms with Crippen molar-refractivity contribution in [2.75, 3.05) is 12.4 Å². The number of aromatic nitrogens is 2. The molecule has 23 heavy (non-hydrogen) atoms. The Morgan fingerprint density at radius 1 is 1.09 bits per heavy atom. The van der Waals surface area contributed by atoms with Gasteiger partial charge in [-0.25, -0.2) is 4.79 Å². The summed E-state index contributed by atoms with van der Waals surface area (Å²) in [6.45, 7) is 0. The smallest absolute Gasteiger partial charge is 0.337 e. The maximum absolute atomic E-state index is 12.1. The van der Waals surface area contributed by atoms with E-state index in [1.807, 2.05) is 0 Å². The first-order chi connectivity index (χ1) is 11.2. The third-order valence-electron chi connectivity index (χ3n) is 2.95. The van der Waals surface area contributed by atoms with Gasteiger partial charge in [0.15, 0.2) is 5.76 Å².